The van der Waals surface area contributed by atoms with E-state index in [-0.39, 0.29) is 22.4 Å². The van der Waals surface area contributed by atoms with E-state index in [0.717, 1.165) is 0 Å². The lowest BCUT2D eigenvalue weighted by molar-refractivity contribution is 0.454. The van der Waals surface area contributed by atoms with Gasteiger partial charge in [0.25, 0.3) is 0 Å². The van der Waals surface area contributed by atoms with Gasteiger partial charge in [0.05, 0.1) is 0 Å². The standard InChI is InChI=1S/C12H10FN3OS/c1-7-2-3-8(6-9(7)13)17-12-10(11(14)18)15-4-5-16-12/h2-6H,1H3,(H2,14,18). The van der Waals surface area contributed by atoms with Crippen molar-refractivity contribution in [3.05, 3.63) is 47.7 Å². The number of nitrogens with zero attached hydrogens (tertiary/aromatic N) is 2. The molecule has 4 nitrogen and oxygen atoms in total. The van der Waals surface area contributed by atoms with Crippen LogP contribution >= 0.6 is 12.2 Å². The van der Waals surface area contributed by atoms with Gasteiger partial charge < -0.3 is 10.5 Å². The summed E-state index contributed by atoms with van der Waals surface area (Å²) in [7, 11) is 0. The summed E-state index contributed by atoms with van der Waals surface area (Å²) in [5.74, 6) is 0.123. The molecule has 18 heavy (non-hydrogen) atoms. The third-order valence-electron chi connectivity index (χ3n) is 2.26. The maximum atomic E-state index is 13.4. The van der Waals surface area contributed by atoms with E-state index in [9.17, 15) is 4.39 Å². The van der Waals surface area contributed by atoms with Crippen molar-refractivity contribution in [1.29, 1.82) is 0 Å². The zero-order valence-corrected chi connectivity index (χ0v) is 10.4. The Balaban J connectivity index is 2.34. The summed E-state index contributed by atoms with van der Waals surface area (Å²) in [6.45, 7) is 1.67. The number of nitrogens with two attached hydrogens (primary N) is 1. The molecule has 0 bridgehead atoms. The van der Waals surface area contributed by atoms with Crippen molar-refractivity contribution in [3.63, 3.8) is 0 Å². The summed E-state index contributed by atoms with van der Waals surface area (Å²) >= 11 is 4.83. The molecular weight excluding hydrogens is 253 g/mol. The molecule has 0 spiro atoms. The molecule has 1 aromatic heterocycles. The third kappa shape index (κ3) is 2.60. The minimum atomic E-state index is -0.353. The molecule has 0 fully saturated rings. The van der Waals surface area contributed by atoms with Crippen molar-refractivity contribution in [2.75, 3.05) is 0 Å². The molecule has 1 aromatic carbocycles. The maximum Gasteiger partial charge on any atom is 0.248 e. The van der Waals surface area contributed by atoms with Crippen LogP contribution in [0, 0.1) is 12.7 Å². The zero-order chi connectivity index (χ0) is 13.1. The van der Waals surface area contributed by atoms with Crippen LogP contribution < -0.4 is 10.5 Å². The van der Waals surface area contributed by atoms with Crippen LogP contribution in [0.5, 0.6) is 11.6 Å². The van der Waals surface area contributed by atoms with E-state index in [1.54, 1.807) is 19.1 Å². The molecular formula is C12H10FN3OS. The molecule has 2 rings (SSSR count). The van der Waals surface area contributed by atoms with Crippen LogP contribution in [0.3, 0.4) is 0 Å². The molecule has 0 aliphatic heterocycles. The fourth-order valence-corrected chi connectivity index (χ4v) is 1.46. The predicted octanol–water partition coefficient (Wildman–Crippen LogP) is 2.35. The molecule has 92 valence electrons. The van der Waals surface area contributed by atoms with Gasteiger partial charge in [-0.1, -0.05) is 18.3 Å². The van der Waals surface area contributed by atoms with Crippen LogP contribution in [0.1, 0.15) is 11.3 Å². The summed E-state index contributed by atoms with van der Waals surface area (Å²) in [4.78, 5) is 8.01. The van der Waals surface area contributed by atoms with Crippen LogP contribution in [0.25, 0.3) is 0 Å². The lowest BCUT2D eigenvalue weighted by atomic mass is 10.2. The molecule has 2 aromatic rings. The summed E-state index contributed by atoms with van der Waals surface area (Å²) in [5, 5.41) is 0. The number of rotatable bonds is 3. The van der Waals surface area contributed by atoms with Crippen LogP contribution in [0.15, 0.2) is 30.6 Å². The monoisotopic (exact) mass is 263 g/mol. The van der Waals surface area contributed by atoms with Gasteiger partial charge >= 0.3 is 0 Å². The fraction of sp³-hybridized carbons (Fsp3) is 0.0833. The van der Waals surface area contributed by atoms with Gasteiger partial charge in [-0.25, -0.2) is 14.4 Å². The van der Waals surface area contributed by atoms with Gasteiger partial charge in [-0.3, -0.25) is 0 Å². The lowest BCUT2D eigenvalue weighted by Gasteiger charge is -2.08. The second-order valence-corrected chi connectivity index (χ2v) is 4.03. The molecule has 0 saturated carbocycles. The molecule has 0 radical (unpaired) electrons. The first-order chi connectivity index (χ1) is 8.58. The van der Waals surface area contributed by atoms with Crippen molar-refractivity contribution in [2.45, 2.75) is 6.92 Å². The van der Waals surface area contributed by atoms with Crippen molar-refractivity contribution in [2.24, 2.45) is 5.73 Å². The molecule has 6 heteroatoms. The SMILES string of the molecule is Cc1ccc(Oc2nccnc2C(N)=S)cc1F. The number of hydrogen-bond donors (Lipinski definition) is 1. The minimum absolute atomic E-state index is 0.0747. The molecule has 0 saturated heterocycles. The van der Waals surface area contributed by atoms with E-state index in [2.05, 4.69) is 9.97 Å². The molecule has 0 unspecified atom stereocenters. The average Bonchev–Trinajstić information content (AvgIpc) is 2.34. The Bertz CT molecular complexity index is 604. The molecule has 0 amide bonds. The normalized spacial score (nSPS) is 10.1. The topological polar surface area (TPSA) is 61.0 Å². The van der Waals surface area contributed by atoms with Gasteiger partial charge in [-0.2, -0.15) is 0 Å². The summed E-state index contributed by atoms with van der Waals surface area (Å²) in [5.41, 5.74) is 6.31. The highest BCUT2D eigenvalue weighted by molar-refractivity contribution is 7.80. The first kappa shape index (κ1) is 12.4. The van der Waals surface area contributed by atoms with E-state index in [1.165, 1.54) is 18.5 Å². The quantitative estimate of drug-likeness (QED) is 0.861. The molecule has 0 atom stereocenters. The Morgan fingerprint density at radius 1 is 1.33 bits per heavy atom. The van der Waals surface area contributed by atoms with E-state index in [1.807, 2.05) is 0 Å². The Morgan fingerprint density at radius 3 is 2.72 bits per heavy atom. The van der Waals surface area contributed by atoms with Crippen molar-refractivity contribution in [3.8, 4) is 11.6 Å². The highest BCUT2D eigenvalue weighted by atomic mass is 32.1. The minimum Gasteiger partial charge on any atom is -0.437 e. The lowest BCUT2D eigenvalue weighted by Crippen LogP contribution is -2.13. The van der Waals surface area contributed by atoms with Crippen LogP contribution in [-0.2, 0) is 0 Å². The van der Waals surface area contributed by atoms with Gasteiger partial charge in [0.1, 0.15) is 16.6 Å². The van der Waals surface area contributed by atoms with Crippen molar-refractivity contribution >= 4 is 17.2 Å². The van der Waals surface area contributed by atoms with Crippen LogP contribution in [0.2, 0.25) is 0 Å². The first-order valence-corrected chi connectivity index (χ1v) is 5.53. The van der Waals surface area contributed by atoms with Gasteiger partial charge in [0.2, 0.25) is 5.88 Å². The van der Waals surface area contributed by atoms with E-state index in [0.29, 0.717) is 11.3 Å². The van der Waals surface area contributed by atoms with Crippen molar-refractivity contribution < 1.29 is 9.13 Å². The Hall–Kier alpha value is -2.08. The Labute approximate surface area is 109 Å². The average molecular weight is 263 g/mol. The molecule has 0 aliphatic rings. The molecule has 2 N–H and O–H groups in total. The summed E-state index contributed by atoms with van der Waals surface area (Å²) < 4.78 is 18.8. The van der Waals surface area contributed by atoms with Gasteiger partial charge in [0, 0.05) is 18.5 Å². The van der Waals surface area contributed by atoms with E-state index < -0.39 is 0 Å². The number of aryl methyl sites for hydroxylation is 1. The van der Waals surface area contributed by atoms with Crippen LogP contribution in [0.4, 0.5) is 4.39 Å². The van der Waals surface area contributed by atoms with Gasteiger partial charge in [0.15, 0.2) is 5.69 Å². The van der Waals surface area contributed by atoms with Crippen LogP contribution in [-0.4, -0.2) is 15.0 Å². The second kappa shape index (κ2) is 5.05. The molecule has 1 heterocycles. The number of halogens is 1. The predicted molar refractivity (Wildman–Crippen MR) is 69.1 cm³/mol. The highest BCUT2D eigenvalue weighted by Crippen LogP contribution is 2.23. The maximum absolute atomic E-state index is 13.4. The fourth-order valence-electron chi connectivity index (χ4n) is 1.32. The number of thiocarbonyl (C=S) groups is 1. The number of ether oxygens (including phenoxy) is 1. The third-order valence-corrected chi connectivity index (χ3v) is 2.45. The smallest absolute Gasteiger partial charge is 0.248 e. The van der Waals surface area contributed by atoms with Gasteiger partial charge in [-0.05, 0) is 18.6 Å². The first-order valence-electron chi connectivity index (χ1n) is 5.13. The largest absolute Gasteiger partial charge is 0.437 e. The summed E-state index contributed by atoms with van der Waals surface area (Å²) in [6, 6.07) is 4.52. The highest BCUT2D eigenvalue weighted by Gasteiger charge is 2.10. The van der Waals surface area contributed by atoms with E-state index in [4.69, 9.17) is 22.7 Å². The summed E-state index contributed by atoms with van der Waals surface area (Å²) in [6.07, 6.45) is 2.90. The van der Waals surface area contributed by atoms with Crippen molar-refractivity contribution in [1.82, 2.24) is 9.97 Å². The molecule has 0 aliphatic carbocycles. The number of hydrogen-bond acceptors (Lipinski definition) is 4. The Morgan fingerprint density at radius 2 is 2.06 bits per heavy atom. The Kier molecular flexibility index (Phi) is 3.47. The number of benzene rings is 1. The number of aromatic nitrogens is 2. The second-order valence-electron chi connectivity index (χ2n) is 3.59. The zero-order valence-electron chi connectivity index (χ0n) is 9.55. The van der Waals surface area contributed by atoms with E-state index >= 15 is 0 Å². The van der Waals surface area contributed by atoms with Gasteiger partial charge in [-0.15, -0.1) is 0 Å².